The number of halogens is 1. The van der Waals surface area contributed by atoms with Gasteiger partial charge in [-0.2, -0.15) is 5.26 Å². The van der Waals surface area contributed by atoms with E-state index in [9.17, 15) is 14.9 Å². The van der Waals surface area contributed by atoms with E-state index in [0.717, 1.165) is 0 Å². The van der Waals surface area contributed by atoms with Gasteiger partial charge in [-0.1, -0.05) is 35.9 Å². The fourth-order valence-corrected chi connectivity index (χ4v) is 6.62. The molecule has 6 rings (SSSR count). The zero-order valence-electron chi connectivity index (χ0n) is 20.3. The van der Waals surface area contributed by atoms with Gasteiger partial charge >= 0.3 is 0 Å². The summed E-state index contributed by atoms with van der Waals surface area (Å²) in [6, 6.07) is 16.2. The van der Waals surface area contributed by atoms with E-state index >= 15 is 0 Å². The molecule has 8 nitrogen and oxygen atoms in total. The van der Waals surface area contributed by atoms with Gasteiger partial charge in [0.15, 0.2) is 0 Å². The Hall–Kier alpha value is -3.51. The fraction of sp³-hybridized carbons (Fsp3) is 0.357. The average Bonchev–Trinajstić information content (AvgIpc) is 3.46. The van der Waals surface area contributed by atoms with Gasteiger partial charge < -0.3 is 14.2 Å². The number of pyridine rings is 1. The first-order valence-electron chi connectivity index (χ1n) is 12.1. The summed E-state index contributed by atoms with van der Waals surface area (Å²) >= 11 is 5.91. The molecule has 5 atom stereocenters. The highest BCUT2D eigenvalue weighted by molar-refractivity contribution is 6.30. The van der Waals surface area contributed by atoms with Crippen LogP contribution in [0.4, 0.5) is 5.69 Å². The molecule has 0 radical (unpaired) electrons. The summed E-state index contributed by atoms with van der Waals surface area (Å²) in [5, 5.41) is 11.4. The topological polar surface area (TPSA) is 102 Å². The largest absolute Gasteiger partial charge is 0.478 e. The van der Waals surface area contributed by atoms with Crippen LogP contribution in [-0.2, 0) is 19.1 Å². The number of hydrogen-bond donors (Lipinski definition) is 0. The zero-order valence-corrected chi connectivity index (χ0v) is 21.1. The summed E-state index contributed by atoms with van der Waals surface area (Å²) in [5.41, 5.74) is -0.913. The number of ether oxygens (including phenoxy) is 3. The number of benzene rings is 2. The average molecular weight is 518 g/mol. The van der Waals surface area contributed by atoms with Crippen molar-refractivity contribution in [2.45, 2.75) is 37.1 Å². The van der Waals surface area contributed by atoms with E-state index in [0.29, 0.717) is 45.8 Å². The van der Waals surface area contributed by atoms with Crippen LogP contribution in [0.15, 0.2) is 54.7 Å². The molecule has 188 valence electrons. The van der Waals surface area contributed by atoms with Gasteiger partial charge in [-0.25, -0.2) is 9.88 Å². The van der Waals surface area contributed by atoms with Crippen LogP contribution in [0.3, 0.4) is 0 Å². The van der Waals surface area contributed by atoms with E-state index in [1.165, 1.54) is 11.1 Å². The lowest BCUT2D eigenvalue weighted by atomic mass is 9.66. The molecular formula is C28H24ClN3O5. The molecule has 3 fully saturated rings. The summed E-state index contributed by atoms with van der Waals surface area (Å²) in [6.45, 7) is 2.10. The van der Waals surface area contributed by atoms with Crippen molar-refractivity contribution >= 4 is 39.9 Å². The minimum absolute atomic E-state index is 0.242. The Kier molecular flexibility index (Phi) is 5.50. The molecular weight excluding hydrogens is 494 g/mol. The Morgan fingerprint density at radius 2 is 1.89 bits per heavy atom. The number of imide groups is 1. The Balaban J connectivity index is 1.37. The summed E-state index contributed by atoms with van der Waals surface area (Å²) in [5.74, 6) is -1.56. The van der Waals surface area contributed by atoms with E-state index in [4.69, 9.17) is 25.8 Å². The third-order valence-electron chi connectivity index (χ3n) is 8.11. The van der Waals surface area contributed by atoms with Gasteiger partial charge in [0, 0.05) is 43.0 Å². The minimum Gasteiger partial charge on any atom is -0.478 e. The number of rotatable bonds is 6. The van der Waals surface area contributed by atoms with E-state index in [1.54, 1.807) is 31.4 Å². The zero-order chi connectivity index (χ0) is 25.9. The molecule has 0 saturated carbocycles. The SMILES string of the molecule is COC1CC2(CCOc3ccc(Cl)cn3)OC1(C)C1C(=O)N(c3ccc(C#N)c4ccccc34)C(=O)C12. The van der Waals surface area contributed by atoms with Crippen LogP contribution in [0.5, 0.6) is 5.88 Å². The monoisotopic (exact) mass is 517 g/mol. The van der Waals surface area contributed by atoms with Crippen molar-refractivity contribution in [3.63, 3.8) is 0 Å². The van der Waals surface area contributed by atoms with E-state index in [-0.39, 0.29) is 24.5 Å². The molecule has 0 aliphatic carbocycles. The standard InChI is InChI=1S/C28H24ClN3O5/c1-27-21(35-2)13-28(37-27,11-12-36-22-10-8-17(29)15-31-22)24-23(27)25(33)32(26(24)34)20-9-7-16(14-30)18-5-3-4-6-19(18)20/h3-10,15,21,23-24H,11-13H2,1-2H3. The Labute approximate surface area is 218 Å². The van der Waals surface area contributed by atoms with Crippen LogP contribution in [0.1, 0.15) is 25.3 Å². The highest BCUT2D eigenvalue weighted by Crippen LogP contribution is 2.63. The van der Waals surface area contributed by atoms with Crippen molar-refractivity contribution in [2.75, 3.05) is 18.6 Å². The molecule has 0 N–H and O–H groups in total. The molecule has 3 aliphatic rings. The summed E-state index contributed by atoms with van der Waals surface area (Å²) < 4.78 is 18.2. The van der Waals surface area contributed by atoms with Crippen LogP contribution >= 0.6 is 11.6 Å². The first-order valence-corrected chi connectivity index (χ1v) is 12.5. The van der Waals surface area contributed by atoms with E-state index in [1.807, 2.05) is 31.2 Å². The van der Waals surface area contributed by atoms with Gasteiger partial charge in [0.05, 0.1) is 52.5 Å². The van der Waals surface area contributed by atoms with Crippen molar-refractivity contribution in [1.82, 2.24) is 4.98 Å². The summed E-state index contributed by atoms with van der Waals surface area (Å²) in [7, 11) is 1.60. The second-order valence-electron chi connectivity index (χ2n) is 9.95. The van der Waals surface area contributed by atoms with Gasteiger partial charge in [-0.15, -0.1) is 0 Å². The molecule has 9 heteroatoms. The predicted octanol–water partition coefficient (Wildman–Crippen LogP) is 4.28. The number of carbonyl (C=O) groups is 2. The molecule has 3 aliphatic heterocycles. The van der Waals surface area contributed by atoms with Crippen LogP contribution in [0.25, 0.3) is 10.8 Å². The minimum atomic E-state index is -0.957. The lowest BCUT2D eigenvalue weighted by Crippen LogP contribution is -2.50. The lowest BCUT2D eigenvalue weighted by Gasteiger charge is -2.35. The normalized spacial score (nSPS) is 30.1. The van der Waals surface area contributed by atoms with Crippen molar-refractivity contribution < 1.29 is 23.8 Å². The molecule has 3 saturated heterocycles. The number of carbonyl (C=O) groups excluding carboxylic acids is 2. The molecule has 2 bridgehead atoms. The molecule has 0 spiro atoms. The Bertz CT molecular complexity index is 1470. The molecule has 2 aromatic carbocycles. The van der Waals surface area contributed by atoms with Crippen molar-refractivity contribution in [3.8, 4) is 11.9 Å². The van der Waals surface area contributed by atoms with Gasteiger partial charge in [-0.05, 0) is 25.1 Å². The van der Waals surface area contributed by atoms with Crippen LogP contribution in [-0.4, -0.2) is 47.8 Å². The van der Waals surface area contributed by atoms with Crippen LogP contribution in [0, 0.1) is 23.2 Å². The third-order valence-corrected chi connectivity index (χ3v) is 8.33. The number of aromatic nitrogens is 1. The summed E-state index contributed by atoms with van der Waals surface area (Å²) in [6.07, 6.45) is 2.01. The predicted molar refractivity (Wildman–Crippen MR) is 135 cm³/mol. The molecule has 5 unspecified atom stereocenters. The fourth-order valence-electron chi connectivity index (χ4n) is 6.51. The van der Waals surface area contributed by atoms with Crippen molar-refractivity contribution in [1.29, 1.82) is 5.26 Å². The van der Waals surface area contributed by atoms with Crippen LogP contribution in [0.2, 0.25) is 5.02 Å². The second-order valence-corrected chi connectivity index (χ2v) is 10.4. The number of fused-ring (bicyclic) bond motifs is 6. The number of nitriles is 1. The molecule has 4 heterocycles. The first kappa shape index (κ1) is 23.9. The second kappa shape index (κ2) is 8.52. The number of methoxy groups -OCH3 is 1. The van der Waals surface area contributed by atoms with Gasteiger partial charge in [0.2, 0.25) is 17.7 Å². The maximum Gasteiger partial charge on any atom is 0.240 e. The molecule has 1 aromatic heterocycles. The number of nitrogens with zero attached hydrogens (tertiary/aromatic N) is 3. The third kappa shape index (κ3) is 3.38. The number of amides is 2. The maximum atomic E-state index is 14.1. The van der Waals surface area contributed by atoms with Gasteiger partial charge in [0.1, 0.15) is 5.60 Å². The molecule has 37 heavy (non-hydrogen) atoms. The highest BCUT2D eigenvalue weighted by Gasteiger charge is 2.77. The van der Waals surface area contributed by atoms with Crippen molar-refractivity contribution in [3.05, 3.63) is 65.3 Å². The van der Waals surface area contributed by atoms with Crippen LogP contribution < -0.4 is 9.64 Å². The molecule has 2 amide bonds. The van der Waals surface area contributed by atoms with E-state index in [2.05, 4.69) is 11.1 Å². The quantitative estimate of drug-likeness (QED) is 0.450. The maximum absolute atomic E-state index is 14.1. The van der Waals surface area contributed by atoms with Gasteiger partial charge in [-0.3, -0.25) is 9.59 Å². The highest BCUT2D eigenvalue weighted by atomic mass is 35.5. The van der Waals surface area contributed by atoms with Crippen molar-refractivity contribution in [2.24, 2.45) is 11.8 Å². The Morgan fingerprint density at radius 3 is 2.59 bits per heavy atom. The van der Waals surface area contributed by atoms with E-state index < -0.39 is 23.0 Å². The molecule has 3 aromatic rings. The lowest BCUT2D eigenvalue weighted by molar-refractivity contribution is -0.135. The smallest absolute Gasteiger partial charge is 0.240 e. The first-order chi connectivity index (χ1) is 17.8. The Morgan fingerprint density at radius 1 is 1.14 bits per heavy atom. The van der Waals surface area contributed by atoms with Gasteiger partial charge in [0.25, 0.3) is 0 Å². The summed E-state index contributed by atoms with van der Waals surface area (Å²) in [4.78, 5) is 33.5. The number of anilines is 1. The number of hydrogen-bond acceptors (Lipinski definition) is 7.